The van der Waals surface area contributed by atoms with E-state index in [0.29, 0.717) is 19.5 Å². The summed E-state index contributed by atoms with van der Waals surface area (Å²) in [5.74, 6) is -1.15. The molecular weight excluding hydrogens is 338 g/mol. The van der Waals surface area contributed by atoms with Crippen molar-refractivity contribution < 1.29 is 14.7 Å². The number of carboxylic acid groups (broad SMARTS) is 1. The fourth-order valence-corrected chi connectivity index (χ4v) is 4.70. The second-order valence-electron chi connectivity index (χ2n) is 7.75. The molecule has 1 unspecified atom stereocenters. The van der Waals surface area contributed by atoms with E-state index in [9.17, 15) is 14.7 Å². The van der Waals surface area contributed by atoms with Crippen LogP contribution in [0.3, 0.4) is 0 Å². The lowest BCUT2D eigenvalue weighted by molar-refractivity contribution is -0.141. The molecule has 4 nitrogen and oxygen atoms in total. The van der Waals surface area contributed by atoms with Crippen LogP contribution in [0.4, 0.5) is 0 Å². The van der Waals surface area contributed by atoms with Crippen molar-refractivity contribution in [2.24, 2.45) is 5.92 Å². The van der Waals surface area contributed by atoms with Gasteiger partial charge < -0.3 is 10.0 Å². The highest BCUT2D eigenvalue weighted by atomic mass is 16.4. The highest BCUT2D eigenvalue weighted by Gasteiger charge is 2.40. The SMILES string of the molecule is O=C(O)[C@@H]1CN(C(=O)CC2CCCc3ccccc32)C[C@@H]1c1ccccc1. The van der Waals surface area contributed by atoms with Gasteiger partial charge in [-0.15, -0.1) is 0 Å². The highest BCUT2D eigenvalue weighted by molar-refractivity contribution is 5.80. The van der Waals surface area contributed by atoms with Crippen LogP contribution >= 0.6 is 0 Å². The van der Waals surface area contributed by atoms with Crippen LogP contribution in [0.5, 0.6) is 0 Å². The number of nitrogens with zero attached hydrogens (tertiary/aromatic N) is 1. The Morgan fingerprint density at radius 1 is 1.00 bits per heavy atom. The number of aryl methyl sites for hydroxylation is 1. The molecule has 1 N–H and O–H groups in total. The molecule has 2 aliphatic rings. The number of hydrogen-bond acceptors (Lipinski definition) is 2. The Labute approximate surface area is 159 Å². The lowest BCUT2D eigenvalue weighted by atomic mass is 9.81. The van der Waals surface area contributed by atoms with E-state index >= 15 is 0 Å². The van der Waals surface area contributed by atoms with E-state index in [2.05, 4.69) is 18.2 Å². The van der Waals surface area contributed by atoms with Crippen molar-refractivity contribution in [1.82, 2.24) is 4.90 Å². The largest absolute Gasteiger partial charge is 0.481 e. The molecule has 1 saturated heterocycles. The summed E-state index contributed by atoms with van der Waals surface area (Å²) >= 11 is 0. The molecule has 0 saturated carbocycles. The molecule has 0 radical (unpaired) electrons. The Morgan fingerprint density at radius 2 is 1.74 bits per heavy atom. The molecule has 4 rings (SSSR count). The summed E-state index contributed by atoms with van der Waals surface area (Å²) in [4.78, 5) is 26.5. The maximum atomic E-state index is 13.0. The van der Waals surface area contributed by atoms with Gasteiger partial charge in [-0.3, -0.25) is 9.59 Å². The van der Waals surface area contributed by atoms with Crippen LogP contribution in [0.2, 0.25) is 0 Å². The third-order valence-corrected chi connectivity index (χ3v) is 6.13. The first-order valence-electron chi connectivity index (χ1n) is 9.77. The van der Waals surface area contributed by atoms with Crippen LogP contribution in [0.15, 0.2) is 54.6 Å². The minimum atomic E-state index is -0.817. The number of fused-ring (bicyclic) bond motifs is 1. The van der Waals surface area contributed by atoms with Crippen LogP contribution in [0.1, 0.15) is 47.8 Å². The number of likely N-dealkylation sites (tertiary alicyclic amines) is 1. The molecule has 0 bridgehead atoms. The van der Waals surface area contributed by atoms with Crippen LogP contribution in [0.25, 0.3) is 0 Å². The van der Waals surface area contributed by atoms with E-state index in [1.807, 2.05) is 36.4 Å². The van der Waals surface area contributed by atoms with Gasteiger partial charge in [0.2, 0.25) is 5.91 Å². The smallest absolute Gasteiger partial charge is 0.308 e. The lowest BCUT2D eigenvalue weighted by Gasteiger charge is -2.27. The van der Waals surface area contributed by atoms with Gasteiger partial charge in [-0.1, -0.05) is 54.6 Å². The van der Waals surface area contributed by atoms with Gasteiger partial charge in [0.25, 0.3) is 0 Å². The maximum Gasteiger partial charge on any atom is 0.308 e. The second-order valence-corrected chi connectivity index (χ2v) is 7.75. The first kappa shape index (κ1) is 17.8. The predicted molar refractivity (Wildman–Crippen MR) is 104 cm³/mol. The topological polar surface area (TPSA) is 57.6 Å². The third-order valence-electron chi connectivity index (χ3n) is 6.13. The van der Waals surface area contributed by atoms with Crippen LogP contribution in [0, 0.1) is 5.92 Å². The summed E-state index contributed by atoms with van der Waals surface area (Å²) in [6.45, 7) is 0.802. The van der Waals surface area contributed by atoms with Crippen molar-refractivity contribution in [3.63, 3.8) is 0 Å². The van der Waals surface area contributed by atoms with Gasteiger partial charge >= 0.3 is 5.97 Å². The third kappa shape index (κ3) is 3.61. The molecule has 1 aliphatic carbocycles. The monoisotopic (exact) mass is 363 g/mol. The fraction of sp³-hybridized carbons (Fsp3) is 0.391. The highest BCUT2D eigenvalue weighted by Crippen LogP contribution is 2.37. The summed E-state index contributed by atoms with van der Waals surface area (Å²) in [6.07, 6.45) is 3.70. The Hall–Kier alpha value is -2.62. The predicted octanol–water partition coefficient (Wildman–Crippen LogP) is 3.82. The van der Waals surface area contributed by atoms with E-state index < -0.39 is 11.9 Å². The Bertz CT molecular complexity index is 833. The molecule has 3 atom stereocenters. The van der Waals surface area contributed by atoms with E-state index in [1.54, 1.807) is 4.90 Å². The van der Waals surface area contributed by atoms with Gasteiger partial charge in [0, 0.05) is 25.4 Å². The van der Waals surface area contributed by atoms with Crippen molar-refractivity contribution in [2.45, 2.75) is 37.5 Å². The number of carbonyl (C=O) groups is 2. The Morgan fingerprint density at radius 3 is 2.52 bits per heavy atom. The molecule has 4 heteroatoms. The molecule has 140 valence electrons. The number of carboxylic acids is 1. The van der Waals surface area contributed by atoms with Gasteiger partial charge in [-0.2, -0.15) is 0 Å². The molecule has 27 heavy (non-hydrogen) atoms. The Kier molecular flexibility index (Phi) is 4.97. The normalized spacial score (nSPS) is 24.4. The number of carbonyl (C=O) groups excluding carboxylic acids is 1. The molecular formula is C23H25NO3. The zero-order valence-electron chi connectivity index (χ0n) is 15.4. The average molecular weight is 363 g/mol. The minimum absolute atomic E-state index is 0.0846. The molecule has 0 spiro atoms. The van der Waals surface area contributed by atoms with E-state index in [1.165, 1.54) is 11.1 Å². The number of amides is 1. The maximum absolute atomic E-state index is 13.0. The Balaban J connectivity index is 1.49. The van der Waals surface area contributed by atoms with Crippen molar-refractivity contribution in [1.29, 1.82) is 0 Å². The quantitative estimate of drug-likeness (QED) is 0.898. The zero-order chi connectivity index (χ0) is 18.8. The fourth-order valence-electron chi connectivity index (χ4n) is 4.70. The summed E-state index contributed by atoms with van der Waals surface area (Å²) in [7, 11) is 0. The van der Waals surface area contributed by atoms with Crippen LogP contribution in [-0.2, 0) is 16.0 Å². The summed E-state index contributed by atoms with van der Waals surface area (Å²) in [5, 5.41) is 9.66. The molecule has 1 fully saturated rings. The molecule has 0 aromatic heterocycles. The number of benzene rings is 2. The molecule has 1 aliphatic heterocycles. The van der Waals surface area contributed by atoms with E-state index in [-0.39, 0.29) is 17.7 Å². The molecule has 2 aromatic rings. The van der Waals surface area contributed by atoms with E-state index in [0.717, 1.165) is 24.8 Å². The van der Waals surface area contributed by atoms with Crippen LogP contribution in [-0.4, -0.2) is 35.0 Å². The minimum Gasteiger partial charge on any atom is -0.481 e. The molecule has 2 aromatic carbocycles. The number of aliphatic carboxylic acids is 1. The number of rotatable bonds is 4. The average Bonchev–Trinajstić information content (AvgIpc) is 3.15. The first-order valence-corrected chi connectivity index (χ1v) is 9.77. The summed E-state index contributed by atoms with van der Waals surface area (Å²) < 4.78 is 0. The number of hydrogen-bond donors (Lipinski definition) is 1. The first-order chi connectivity index (χ1) is 13.1. The second kappa shape index (κ2) is 7.55. The van der Waals surface area contributed by atoms with Gasteiger partial charge in [0.1, 0.15) is 0 Å². The van der Waals surface area contributed by atoms with E-state index in [4.69, 9.17) is 0 Å². The molecule has 1 amide bonds. The zero-order valence-corrected chi connectivity index (χ0v) is 15.4. The van der Waals surface area contributed by atoms with Crippen molar-refractivity contribution >= 4 is 11.9 Å². The van der Waals surface area contributed by atoms with Crippen molar-refractivity contribution in [3.8, 4) is 0 Å². The van der Waals surface area contributed by atoms with Gasteiger partial charge in [-0.05, 0) is 41.9 Å². The van der Waals surface area contributed by atoms with Crippen molar-refractivity contribution in [2.75, 3.05) is 13.1 Å². The van der Waals surface area contributed by atoms with Crippen molar-refractivity contribution in [3.05, 3.63) is 71.3 Å². The lowest BCUT2D eigenvalue weighted by Crippen LogP contribution is -2.31. The summed E-state index contributed by atoms with van der Waals surface area (Å²) in [6, 6.07) is 18.1. The summed E-state index contributed by atoms with van der Waals surface area (Å²) in [5.41, 5.74) is 3.66. The van der Waals surface area contributed by atoms with Gasteiger partial charge in [-0.25, -0.2) is 0 Å². The van der Waals surface area contributed by atoms with Crippen LogP contribution < -0.4 is 0 Å². The van der Waals surface area contributed by atoms with Gasteiger partial charge in [0.15, 0.2) is 0 Å². The molecule has 1 heterocycles. The van der Waals surface area contributed by atoms with Gasteiger partial charge in [0.05, 0.1) is 5.92 Å². The standard InChI is InChI=1S/C23H25NO3/c25-22(13-18-11-6-10-16-9-4-5-12-19(16)18)24-14-20(21(15-24)23(26)27)17-7-2-1-3-8-17/h1-5,7-9,12,18,20-21H,6,10-11,13-15H2,(H,26,27)/t18?,20-,21-/m1/s1.